The number of rotatable bonds is 6. The predicted molar refractivity (Wildman–Crippen MR) is 135 cm³/mol. The van der Waals surface area contributed by atoms with E-state index in [-0.39, 0.29) is 24.8 Å². The highest BCUT2D eigenvalue weighted by Crippen LogP contribution is 2.41. The average molecular weight is 495 g/mol. The summed E-state index contributed by atoms with van der Waals surface area (Å²) in [5, 5.41) is 12.5. The number of piperidine rings is 1. The Morgan fingerprint density at radius 2 is 1.86 bits per heavy atom. The maximum Gasteiger partial charge on any atom is 0.416 e. The number of hydrogen-bond acceptors (Lipinski definition) is 7. The van der Waals surface area contributed by atoms with Crippen molar-refractivity contribution in [3.63, 3.8) is 0 Å². The van der Waals surface area contributed by atoms with E-state index in [2.05, 4.69) is 51.4 Å². The molecule has 5 rings (SSSR count). The molecule has 0 aliphatic carbocycles. The molecule has 1 atom stereocenters. The van der Waals surface area contributed by atoms with Crippen LogP contribution in [0.15, 0.2) is 30.5 Å². The summed E-state index contributed by atoms with van der Waals surface area (Å²) in [7, 11) is 0. The second-order valence-electron chi connectivity index (χ2n) is 10.6. The summed E-state index contributed by atoms with van der Waals surface area (Å²) in [4.78, 5) is 37.9. The van der Waals surface area contributed by atoms with E-state index in [1.54, 1.807) is 11.1 Å². The molecule has 0 bridgehead atoms. The van der Waals surface area contributed by atoms with E-state index >= 15 is 0 Å². The number of carbonyl (C=O) groups is 2. The first kappa shape index (κ1) is 24.3. The van der Waals surface area contributed by atoms with Gasteiger partial charge in [-0.25, -0.2) is 14.6 Å². The average Bonchev–Trinajstić information content (AvgIpc) is 2.83. The van der Waals surface area contributed by atoms with E-state index < -0.39 is 6.09 Å². The standard InChI is InChI=1S/C26H34N6O4/c1-17(2)32-22-21(14-36-25(32)35)12-27-23(29-22)28-18(3)20-6-4-19(5-7-20)13-30-15-26(16-30)8-10-31(11-9-26)24(33)34/h4-7,12,17-18H,8-11,13-16H2,1-3H3,(H,33,34)(H,27,28,29). The Kier molecular flexibility index (Phi) is 6.46. The van der Waals surface area contributed by atoms with Gasteiger partial charge in [0.1, 0.15) is 12.4 Å². The summed E-state index contributed by atoms with van der Waals surface area (Å²) in [6.45, 7) is 10.4. The van der Waals surface area contributed by atoms with Gasteiger partial charge < -0.3 is 20.1 Å². The van der Waals surface area contributed by atoms with Crippen molar-refractivity contribution < 1.29 is 19.4 Å². The van der Waals surface area contributed by atoms with Crippen LogP contribution in [-0.4, -0.2) is 69.3 Å². The topological polar surface area (TPSA) is 111 Å². The van der Waals surface area contributed by atoms with Crippen LogP contribution < -0.4 is 10.2 Å². The third kappa shape index (κ3) is 4.82. The third-order valence-electron chi connectivity index (χ3n) is 7.58. The van der Waals surface area contributed by atoms with E-state index in [0.29, 0.717) is 30.3 Å². The van der Waals surface area contributed by atoms with E-state index in [4.69, 9.17) is 9.84 Å². The zero-order chi connectivity index (χ0) is 25.4. The number of likely N-dealkylation sites (tertiary alicyclic amines) is 2. The lowest BCUT2D eigenvalue weighted by Gasteiger charge is -2.53. The minimum atomic E-state index is -0.801. The molecule has 2 fully saturated rings. The van der Waals surface area contributed by atoms with Crippen LogP contribution in [0.1, 0.15) is 56.3 Å². The smallest absolute Gasteiger partial charge is 0.416 e. The molecule has 2 N–H and O–H groups in total. The van der Waals surface area contributed by atoms with Gasteiger partial charge in [-0.05, 0) is 50.2 Å². The molecule has 2 aromatic rings. The summed E-state index contributed by atoms with van der Waals surface area (Å²) < 4.78 is 5.22. The fraction of sp³-hybridized carbons (Fsp3) is 0.538. The van der Waals surface area contributed by atoms with Crippen LogP contribution in [0, 0.1) is 5.41 Å². The summed E-state index contributed by atoms with van der Waals surface area (Å²) in [6, 6.07) is 8.51. The first-order chi connectivity index (χ1) is 17.2. The number of fused-ring (bicyclic) bond motifs is 1. The lowest BCUT2D eigenvalue weighted by atomic mass is 9.72. The monoisotopic (exact) mass is 494 g/mol. The van der Waals surface area contributed by atoms with Crippen LogP contribution >= 0.6 is 0 Å². The first-order valence-electron chi connectivity index (χ1n) is 12.6. The third-order valence-corrected chi connectivity index (χ3v) is 7.58. The molecular weight excluding hydrogens is 460 g/mol. The van der Waals surface area contributed by atoms with Gasteiger partial charge in [0.2, 0.25) is 5.95 Å². The van der Waals surface area contributed by atoms with E-state index in [0.717, 1.165) is 43.6 Å². The van der Waals surface area contributed by atoms with Gasteiger partial charge in [0.15, 0.2) is 0 Å². The molecular formula is C26H34N6O4. The normalized spacial score (nSPS) is 20.1. The zero-order valence-corrected chi connectivity index (χ0v) is 21.1. The SMILES string of the molecule is CC(Nc1ncc2c(n1)N(C(C)C)C(=O)OC2)c1ccc(CN2CC3(CCN(C(=O)O)CC3)C2)cc1. The quantitative estimate of drug-likeness (QED) is 0.618. The summed E-state index contributed by atoms with van der Waals surface area (Å²) in [5.74, 6) is 1.08. The van der Waals surface area contributed by atoms with Crippen molar-refractivity contribution in [2.75, 3.05) is 36.4 Å². The van der Waals surface area contributed by atoms with Crippen LogP contribution in [0.5, 0.6) is 0 Å². The van der Waals surface area contributed by atoms with Gasteiger partial charge in [0.05, 0.1) is 11.6 Å². The van der Waals surface area contributed by atoms with Gasteiger partial charge in [-0.2, -0.15) is 4.98 Å². The molecule has 2 saturated heterocycles. The van der Waals surface area contributed by atoms with Gasteiger partial charge in [-0.15, -0.1) is 0 Å². The Balaban J connectivity index is 1.16. The minimum Gasteiger partial charge on any atom is -0.465 e. The molecule has 4 heterocycles. The maximum absolute atomic E-state index is 12.2. The lowest BCUT2D eigenvalue weighted by Crippen LogP contribution is -2.60. The number of anilines is 2. The van der Waals surface area contributed by atoms with Crippen LogP contribution in [-0.2, 0) is 17.9 Å². The second-order valence-corrected chi connectivity index (χ2v) is 10.6. The van der Waals surface area contributed by atoms with Crippen LogP contribution in [0.3, 0.4) is 0 Å². The van der Waals surface area contributed by atoms with E-state index in [1.165, 1.54) is 10.5 Å². The number of carboxylic acid groups (broad SMARTS) is 1. The molecule has 1 aromatic carbocycles. The summed E-state index contributed by atoms with van der Waals surface area (Å²) in [6.07, 6.45) is 2.44. The fourth-order valence-corrected chi connectivity index (χ4v) is 5.48. The Labute approximate surface area is 211 Å². The van der Waals surface area contributed by atoms with E-state index in [9.17, 15) is 9.59 Å². The number of ether oxygens (including phenoxy) is 1. The molecule has 0 radical (unpaired) electrons. The molecule has 1 spiro atoms. The number of amides is 2. The highest BCUT2D eigenvalue weighted by atomic mass is 16.6. The number of benzene rings is 1. The molecule has 10 nitrogen and oxygen atoms in total. The zero-order valence-electron chi connectivity index (χ0n) is 21.1. The lowest BCUT2D eigenvalue weighted by molar-refractivity contribution is -0.0471. The van der Waals surface area contributed by atoms with Crippen molar-refractivity contribution in [3.8, 4) is 0 Å². The van der Waals surface area contributed by atoms with Gasteiger partial charge in [-0.3, -0.25) is 9.80 Å². The van der Waals surface area contributed by atoms with Crippen molar-refractivity contribution >= 4 is 24.0 Å². The van der Waals surface area contributed by atoms with Crippen molar-refractivity contribution in [3.05, 3.63) is 47.2 Å². The fourth-order valence-electron chi connectivity index (χ4n) is 5.48. The van der Waals surface area contributed by atoms with Crippen LogP contribution in [0.25, 0.3) is 0 Å². The van der Waals surface area contributed by atoms with Gasteiger partial charge in [-0.1, -0.05) is 24.3 Å². The molecule has 2 amide bonds. The molecule has 36 heavy (non-hydrogen) atoms. The van der Waals surface area contributed by atoms with E-state index in [1.807, 2.05) is 13.8 Å². The molecule has 0 saturated carbocycles. The van der Waals surface area contributed by atoms with Crippen molar-refractivity contribution in [1.29, 1.82) is 0 Å². The van der Waals surface area contributed by atoms with Crippen molar-refractivity contribution in [1.82, 2.24) is 19.8 Å². The second kappa shape index (κ2) is 9.57. The van der Waals surface area contributed by atoms with Crippen molar-refractivity contribution in [2.45, 2.75) is 58.8 Å². The number of nitrogens with zero attached hydrogens (tertiary/aromatic N) is 5. The van der Waals surface area contributed by atoms with Gasteiger partial charge in [0.25, 0.3) is 0 Å². The minimum absolute atomic E-state index is 0.00756. The largest absolute Gasteiger partial charge is 0.465 e. The molecule has 1 unspecified atom stereocenters. The van der Waals surface area contributed by atoms with Gasteiger partial charge in [0, 0.05) is 45.0 Å². The van der Waals surface area contributed by atoms with Crippen molar-refractivity contribution in [2.24, 2.45) is 5.41 Å². The molecule has 10 heteroatoms. The molecule has 3 aliphatic heterocycles. The Morgan fingerprint density at radius 1 is 1.17 bits per heavy atom. The predicted octanol–water partition coefficient (Wildman–Crippen LogP) is 4.09. The number of nitrogens with one attached hydrogen (secondary N) is 1. The Bertz CT molecular complexity index is 1120. The van der Waals surface area contributed by atoms with Crippen LogP contribution in [0.2, 0.25) is 0 Å². The number of aromatic nitrogens is 2. The highest BCUT2D eigenvalue weighted by Gasteiger charge is 2.45. The maximum atomic E-state index is 12.2. The number of carbonyl (C=O) groups excluding carboxylic acids is 1. The highest BCUT2D eigenvalue weighted by molar-refractivity contribution is 5.89. The molecule has 192 valence electrons. The summed E-state index contributed by atoms with van der Waals surface area (Å²) in [5.41, 5.74) is 3.48. The van der Waals surface area contributed by atoms with Crippen LogP contribution in [0.4, 0.5) is 21.4 Å². The van der Waals surface area contributed by atoms with Gasteiger partial charge >= 0.3 is 12.2 Å². The Morgan fingerprint density at radius 3 is 2.50 bits per heavy atom. The number of hydrogen-bond donors (Lipinski definition) is 2. The molecule has 1 aromatic heterocycles. The summed E-state index contributed by atoms with van der Waals surface area (Å²) >= 11 is 0. The number of cyclic esters (lactones) is 1. The Hall–Kier alpha value is -3.40. The first-order valence-corrected chi connectivity index (χ1v) is 12.6. The molecule has 3 aliphatic rings.